The summed E-state index contributed by atoms with van der Waals surface area (Å²) in [7, 11) is 0. The highest BCUT2D eigenvalue weighted by atomic mass is 35.5. The molecule has 0 fully saturated rings. The van der Waals surface area contributed by atoms with Crippen LogP contribution in [0.2, 0.25) is 4.34 Å². The van der Waals surface area contributed by atoms with Crippen LogP contribution in [0.5, 0.6) is 0 Å². The summed E-state index contributed by atoms with van der Waals surface area (Å²) in [6.45, 7) is 1.85. The van der Waals surface area contributed by atoms with Gasteiger partial charge in [-0.2, -0.15) is 23.0 Å². The van der Waals surface area contributed by atoms with Gasteiger partial charge >= 0.3 is 6.18 Å². The smallest absolute Gasteiger partial charge is 0.294 e. The van der Waals surface area contributed by atoms with Crippen LogP contribution >= 0.6 is 22.9 Å². The number of hydrogen-bond acceptors (Lipinski definition) is 6. The average molecular weight is 416 g/mol. The molecule has 3 aromatic rings. The van der Waals surface area contributed by atoms with Crippen LogP contribution < -0.4 is 0 Å². The Bertz CT molecular complexity index is 938. The minimum Gasteiger partial charge on any atom is -0.294 e. The monoisotopic (exact) mass is 415 g/mol. The average Bonchev–Trinajstić information content (AvgIpc) is 3.28. The largest absolute Gasteiger partial charge is 0.419 e. The molecule has 1 unspecified atom stereocenters. The fourth-order valence-corrected chi connectivity index (χ4v) is 3.28. The van der Waals surface area contributed by atoms with Crippen LogP contribution in [-0.2, 0) is 6.18 Å². The molecule has 3 heterocycles. The second kappa shape index (κ2) is 7.73. The molecule has 3 rings (SSSR count). The first kappa shape index (κ1) is 19.4. The van der Waals surface area contributed by atoms with Gasteiger partial charge in [-0.25, -0.2) is 15.0 Å². The van der Waals surface area contributed by atoms with Crippen molar-refractivity contribution in [3.05, 3.63) is 51.5 Å². The lowest BCUT2D eigenvalue weighted by Gasteiger charge is -2.12. The molecular weight excluding hydrogens is 403 g/mol. The number of hydrogen-bond donors (Lipinski definition) is 0. The maximum atomic E-state index is 12.6. The number of ketones is 1. The maximum absolute atomic E-state index is 12.6. The minimum atomic E-state index is -4.51. The van der Waals surface area contributed by atoms with E-state index in [0.717, 1.165) is 0 Å². The third kappa shape index (κ3) is 4.51. The maximum Gasteiger partial charge on any atom is 0.419 e. The molecule has 0 saturated carbocycles. The van der Waals surface area contributed by atoms with Crippen molar-refractivity contribution in [3.8, 4) is 5.95 Å². The van der Waals surface area contributed by atoms with Crippen LogP contribution in [0.25, 0.3) is 5.95 Å². The first-order chi connectivity index (χ1) is 12.8. The van der Waals surface area contributed by atoms with Gasteiger partial charge in [0.2, 0.25) is 0 Å². The van der Waals surface area contributed by atoms with Crippen molar-refractivity contribution in [3.63, 3.8) is 0 Å². The molecule has 0 aliphatic carbocycles. The van der Waals surface area contributed by atoms with Crippen molar-refractivity contribution in [1.82, 2.24) is 24.7 Å². The van der Waals surface area contributed by atoms with E-state index < -0.39 is 11.7 Å². The van der Waals surface area contributed by atoms with Gasteiger partial charge in [0.05, 0.1) is 9.90 Å². The summed E-state index contributed by atoms with van der Waals surface area (Å²) in [6, 6.07) is 1.62. The Hall–Kier alpha value is -2.33. The Kier molecular flexibility index (Phi) is 5.56. The van der Waals surface area contributed by atoms with E-state index in [4.69, 9.17) is 11.6 Å². The molecule has 0 radical (unpaired) electrons. The first-order valence-electron chi connectivity index (χ1n) is 7.82. The van der Waals surface area contributed by atoms with Gasteiger partial charge < -0.3 is 0 Å². The molecule has 3 aromatic heterocycles. The van der Waals surface area contributed by atoms with Crippen molar-refractivity contribution in [2.75, 3.05) is 0 Å². The summed E-state index contributed by atoms with van der Waals surface area (Å²) in [4.78, 5) is 23.8. The molecule has 0 aromatic carbocycles. The Morgan fingerprint density at radius 3 is 2.59 bits per heavy atom. The highest BCUT2D eigenvalue weighted by Crippen LogP contribution is 2.28. The van der Waals surface area contributed by atoms with E-state index in [0.29, 0.717) is 34.5 Å². The van der Waals surface area contributed by atoms with Gasteiger partial charge in [0, 0.05) is 35.7 Å². The molecule has 1 atom stereocenters. The predicted octanol–water partition coefficient (Wildman–Crippen LogP) is 4.56. The van der Waals surface area contributed by atoms with Crippen LogP contribution in [-0.4, -0.2) is 30.5 Å². The highest BCUT2D eigenvalue weighted by Gasteiger charge is 2.31. The van der Waals surface area contributed by atoms with Crippen LogP contribution in [0.3, 0.4) is 0 Å². The summed E-state index contributed by atoms with van der Waals surface area (Å²) in [6.07, 6.45) is -1.10. The third-order valence-corrected chi connectivity index (χ3v) is 4.95. The van der Waals surface area contributed by atoms with Gasteiger partial charge in [0.1, 0.15) is 12.2 Å². The van der Waals surface area contributed by atoms with E-state index >= 15 is 0 Å². The van der Waals surface area contributed by atoms with Gasteiger partial charge in [-0.15, -0.1) is 11.3 Å². The Morgan fingerprint density at radius 1 is 1.30 bits per heavy atom. The van der Waals surface area contributed by atoms with E-state index in [9.17, 15) is 18.0 Å². The van der Waals surface area contributed by atoms with Gasteiger partial charge in [-0.05, 0) is 12.5 Å². The predicted molar refractivity (Wildman–Crippen MR) is 93.3 cm³/mol. The summed E-state index contributed by atoms with van der Waals surface area (Å²) in [5.74, 6) is 0.225. The lowest BCUT2D eigenvalue weighted by molar-refractivity contribution is -0.138. The number of thiophene rings is 1. The van der Waals surface area contributed by atoms with Crippen molar-refractivity contribution < 1.29 is 18.0 Å². The van der Waals surface area contributed by atoms with E-state index in [1.54, 1.807) is 11.4 Å². The second-order valence-electron chi connectivity index (χ2n) is 5.80. The molecule has 0 amide bonds. The summed E-state index contributed by atoms with van der Waals surface area (Å²) >= 11 is 7.13. The molecule has 0 saturated heterocycles. The van der Waals surface area contributed by atoms with Crippen molar-refractivity contribution in [2.45, 2.75) is 31.9 Å². The summed E-state index contributed by atoms with van der Waals surface area (Å²) in [5, 5.41) is 5.69. The molecule has 11 heteroatoms. The zero-order valence-electron chi connectivity index (χ0n) is 13.9. The fourth-order valence-electron chi connectivity index (χ4n) is 2.39. The lowest BCUT2D eigenvalue weighted by atomic mass is 10.0. The topological polar surface area (TPSA) is 73.6 Å². The number of aromatic nitrogens is 5. The normalized spacial score (nSPS) is 12.9. The van der Waals surface area contributed by atoms with Gasteiger partial charge in [-0.3, -0.25) is 4.79 Å². The molecule has 0 bridgehead atoms. The first-order valence-corrected chi connectivity index (χ1v) is 9.08. The molecule has 0 aliphatic rings. The zero-order chi connectivity index (χ0) is 19.6. The van der Waals surface area contributed by atoms with Crippen molar-refractivity contribution >= 4 is 28.7 Å². The van der Waals surface area contributed by atoms with Crippen LogP contribution in [0.15, 0.2) is 30.2 Å². The molecule has 27 heavy (non-hydrogen) atoms. The number of halogens is 4. The van der Waals surface area contributed by atoms with Gasteiger partial charge in [0.25, 0.3) is 5.95 Å². The quantitative estimate of drug-likeness (QED) is 0.552. The number of carbonyl (C=O) groups excluding carboxylic acids is 1. The Morgan fingerprint density at radius 2 is 2.00 bits per heavy atom. The Balaban J connectivity index is 1.71. The molecule has 0 N–H and O–H groups in total. The molecule has 0 aliphatic heterocycles. The Labute approximate surface area is 161 Å². The third-order valence-electron chi connectivity index (χ3n) is 3.86. The molecule has 0 spiro atoms. The SMILES string of the molecule is CC(CCC(=O)c1csc(Cl)c1)c1ncnn1-c1ncc(C(F)(F)F)cn1. The second-order valence-corrected chi connectivity index (χ2v) is 7.34. The number of nitrogens with zero attached hydrogens (tertiary/aromatic N) is 5. The number of alkyl halides is 3. The van der Waals surface area contributed by atoms with E-state index in [1.165, 1.54) is 22.3 Å². The van der Waals surface area contributed by atoms with E-state index in [1.807, 2.05) is 6.92 Å². The number of carbonyl (C=O) groups is 1. The van der Waals surface area contributed by atoms with Crippen LogP contribution in [0.1, 0.15) is 47.4 Å². The molecule has 142 valence electrons. The van der Waals surface area contributed by atoms with Crippen molar-refractivity contribution in [1.29, 1.82) is 0 Å². The molecule has 6 nitrogen and oxygen atoms in total. The molecular formula is C16H13ClF3N5OS. The highest BCUT2D eigenvalue weighted by molar-refractivity contribution is 7.14. The summed E-state index contributed by atoms with van der Waals surface area (Å²) in [5.41, 5.74) is -0.384. The number of Topliss-reactive ketones (excluding diaryl/α,β-unsaturated/α-hetero) is 1. The lowest BCUT2D eigenvalue weighted by Crippen LogP contribution is -2.13. The standard InChI is InChI=1S/C16H13ClF3N5OS/c1-9(2-3-12(26)10-4-13(17)27-7-10)14-23-8-24-25(14)15-21-5-11(6-22-15)16(18,19)20/h4-9H,2-3H2,1H3. The number of rotatable bonds is 6. The minimum absolute atomic E-state index is 0.0155. The van der Waals surface area contributed by atoms with E-state index in [-0.39, 0.29) is 24.1 Å². The summed E-state index contributed by atoms with van der Waals surface area (Å²) < 4.78 is 39.7. The van der Waals surface area contributed by atoms with Gasteiger partial charge in [0.15, 0.2) is 5.78 Å². The van der Waals surface area contributed by atoms with E-state index in [2.05, 4.69) is 20.1 Å². The van der Waals surface area contributed by atoms with Gasteiger partial charge in [-0.1, -0.05) is 18.5 Å². The zero-order valence-corrected chi connectivity index (χ0v) is 15.5. The van der Waals surface area contributed by atoms with Crippen LogP contribution in [0.4, 0.5) is 13.2 Å². The van der Waals surface area contributed by atoms with Crippen LogP contribution in [0, 0.1) is 0 Å². The fraction of sp³-hybridized carbons (Fsp3) is 0.312. The van der Waals surface area contributed by atoms with Crippen molar-refractivity contribution in [2.24, 2.45) is 0 Å².